The molecule has 1 amide bonds. The first-order valence-corrected chi connectivity index (χ1v) is 6.55. The maximum absolute atomic E-state index is 11.9. The SMILES string of the molecule is Cc1cc(C(=O)NCCN2CCOCC2)ccc1O. The molecule has 0 unspecified atom stereocenters. The number of rotatable bonds is 4. The van der Waals surface area contributed by atoms with Crippen LogP contribution in [-0.2, 0) is 4.74 Å². The number of carbonyl (C=O) groups is 1. The molecule has 2 N–H and O–H groups in total. The van der Waals surface area contributed by atoms with Crippen LogP contribution in [0.3, 0.4) is 0 Å². The van der Waals surface area contributed by atoms with Crippen LogP contribution in [0.2, 0.25) is 0 Å². The molecule has 1 fully saturated rings. The highest BCUT2D eigenvalue weighted by Crippen LogP contribution is 2.16. The maximum atomic E-state index is 11.9. The zero-order valence-corrected chi connectivity index (χ0v) is 11.2. The Labute approximate surface area is 113 Å². The highest BCUT2D eigenvalue weighted by atomic mass is 16.5. The van der Waals surface area contributed by atoms with E-state index in [0.717, 1.165) is 32.8 Å². The van der Waals surface area contributed by atoms with E-state index in [2.05, 4.69) is 10.2 Å². The first-order valence-electron chi connectivity index (χ1n) is 6.55. The number of ether oxygens (including phenoxy) is 1. The number of aromatic hydroxyl groups is 1. The second-order valence-corrected chi connectivity index (χ2v) is 4.71. The van der Waals surface area contributed by atoms with Gasteiger partial charge in [-0.25, -0.2) is 0 Å². The molecule has 1 saturated heterocycles. The first kappa shape index (κ1) is 13.8. The summed E-state index contributed by atoms with van der Waals surface area (Å²) in [5.41, 5.74) is 1.29. The van der Waals surface area contributed by atoms with E-state index < -0.39 is 0 Å². The van der Waals surface area contributed by atoms with E-state index in [9.17, 15) is 9.90 Å². The van der Waals surface area contributed by atoms with Gasteiger partial charge in [-0.2, -0.15) is 0 Å². The fraction of sp³-hybridized carbons (Fsp3) is 0.500. The average molecular weight is 264 g/mol. The number of phenolic OH excluding ortho intramolecular Hbond substituents is 1. The van der Waals surface area contributed by atoms with Crippen LogP contribution in [0.1, 0.15) is 15.9 Å². The van der Waals surface area contributed by atoms with E-state index >= 15 is 0 Å². The van der Waals surface area contributed by atoms with Crippen LogP contribution < -0.4 is 5.32 Å². The van der Waals surface area contributed by atoms with Gasteiger partial charge in [-0.15, -0.1) is 0 Å². The minimum absolute atomic E-state index is 0.101. The molecule has 5 nitrogen and oxygen atoms in total. The number of amides is 1. The molecule has 1 aliphatic heterocycles. The summed E-state index contributed by atoms with van der Waals surface area (Å²) < 4.78 is 5.27. The summed E-state index contributed by atoms with van der Waals surface area (Å²) in [6, 6.07) is 4.87. The summed E-state index contributed by atoms with van der Waals surface area (Å²) in [6.07, 6.45) is 0. The van der Waals surface area contributed by atoms with Crippen LogP contribution in [0.5, 0.6) is 5.75 Å². The topological polar surface area (TPSA) is 61.8 Å². The molecular weight excluding hydrogens is 244 g/mol. The van der Waals surface area contributed by atoms with Gasteiger partial charge in [-0.05, 0) is 30.7 Å². The average Bonchev–Trinajstić information content (AvgIpc) is 2.43. The van der Waals surface area contributed by atoms with Crippen LogP contribution in [0.25, 0.3) is 0 Å². The molecule has 5 heteroatoms. The fourth-order valence-corrected chi connectivity index (χ4v) is 2.05. The third-order valence-electron chi connectivity index (χ3n) is 3.28. The molecule has 0 aliphatic carbocycles. The molecule has 19 heavy (non-hydrogen) atoms. The van der Waals surface area contributed by atoms with Crippen molar-refractivity contribution in [2.75, 3.05) is 39.4 Å². The van der Waals surface area contributed by atoms with E-state index in [0.29, 0.717) is 17.7 Å². The van der Waals surface area contributed by atoms with Gasteiger partial charge >= 0.3 is 0 Å². The molecule has 0 saturated carbocycles. The monoisotopic (exact) mass is 264 g/mol. The number of hydrogen-bond donors (Lipinski definition) is 2. The minimum Gasteiger partial charge on any atom is -0.508 e. The smallest absolute Gasteiger partial charge is 0.251 e. The number of phenols is 1. The molecule has 1 aliphatic rings. The quantitative estimate of drug-likeness (QED) is 0.843. The molecule has 0 radical (unpaired) electrons. The van der Waals surface area contributed by atoms with E-state index in [1.807, 2.05) is 0 Å². The van der Waals surface area contributed by atoms with Gasteiger partial charge in [0.25, 0.3) is 5.91 Å². The highest BCUT2D eigenvalue weighted by molar-refractivity contribution is 5.94. The van der Waals surface area contributed by atoms with Crippen LogP contribution in [0.4, 0.5) is 0 Å². The Morgan fingerprint density at radius 2 is 2.16 bits per heavy atom. The Balaban J connectivity index is 1.78. The van der Waals surface area contributed by atoms with E-state index in [1.165, 1.54) is 0 Å². The maximum Gasteiger partial charge on any atom is 0.251 e. The Hall–Kier alpha value is -1.59. The summed E-state index contributed by atoms with van der Waals surface area (Å²) in [7, 11) is 0. The van der Waals surface area contributed by atoms with Crippen molar-refractivity contribution in [2.24, 2.45) is 0 Å². The van der Waals surface area contributed by atoms with E-state index in [-0.39, 0.29) is 11.7 Å². The molecule has 1 aromatic rings. The third kappa shape index (κ3) is 3.94. The van der Waals surface area contributed by atoms with Gasteiger partial charge in [0.15, 0.2) is 0 Å². The van der Waals surface area contributed by atoms with Crippen LogP contribution in [0.15, 0.2) is 18.2 Å². The molecule has 0 aromatic heterocycles. The normalized spacial score (nSPS) is 16.3. The van der Waals surface area contributed by atoms with Crippen molar-refractivity contribution in [3.05, 3.63) is 29.3 Å². The number of hydrogen-bond acceptors (Lipinski definition) is 4. The highest BCUT2D eigenvalue weighted by Gasteiger charge is 2.11. The lowest BCUT2D eigenvalue weighted by atomic mass is 10.1. The van der Waals surface area contributed by atoms with Crippen molar-refractivity contribution in [3.8, 4) is 5.75 Å². The van der Waals surface area contributed by atoms with Crippen molar-refractivity contribution in [3.63, 3.8) is 0 Å². The number of benzene rings is 1. The number of nitrogens with one attached hydrogen (secondary N) is 1. The Morgan fingerprint density at radius 1 is 1.42 bits per heavy atom. The largest absolute Gasteiger partial charge is 0.508 e. The fourth-order valence-electron chi connectivity index (χ4n) is 2.05. The number of morpholine rings is 1. The van der Waals surface area contributed by atoms with Gasteiger partial charge < -0.3 is 15.2 Å². The Kier molecular flexibility index (Phi) is 4.76. The predicted octanol–water partition coefficient (Wildman–Crippen LogP) is 0.763. The Bertz CT molecular complexity index is 442. The third-order valence-corrected chi connectivity index (χ3v) is 3.28. The van der Waals surface area contributed by atoms with E-state index in [1.54, 1.807) is 25.1 Å². The van der Waals surface area contributed by atoms with Crippen LogP contribution in [0, 0.1) is 6.92 Å². The van der Waals surface area contributed by atoms with Crippen molar-refractivity contribution >= 4 is 5.91 Å². The molecule has 1 heterocycles. The lowest BCUT2D eigenvalue weighted by molar-refractivity contribution is 0.0383. The minimum atomic E-state index is -0.101. The molecule has 104 valence electrons. The summed E-state index contributed by atoms with van der Waals surface area (Å²) >= 11 is 0. The van der Waals surface area contributed by atoms with Gasteiger partial charge in [-0.3, -0.25) is 9.69 Å². The van der Waals surface area contributed by atoms with Gasteiger partial charge in [0.2, 0.25) is 0 Å². The van der Waals surface area contributed by atoms with Crippen molar-refractivity contribution in [1.82, 2.24) is 10.2 Å². The number of aryl methyl sites for hydroxylation is 1. The lowest BCUT2D eigenvalue weighted by Gasteiger charge is -2.26. The van der Waals surface area contributed by atoms with Gasteiger partial charge in [0.1, 0.15) is 5.75 Å². The zero-order valence-electron chi connectivity index (χ0n) is 11.2. The molecule has 0 spiro atoms. The zero-order chi connectivity index (χ0) is 13.7. The number of carbonyl (C=O) groups excluding carboxylic acids is 1. The van der Waals surface area contributed by atoms with Crippen molar-refractivity contribution < 1.29 is 14.6 Å². The predicted molar refractivity (Wildman–Crippen MR) is 72.4 cm³/mol. The standard InChI is InChI=1S/C14H20N2O3/c1-11-10-12(2-3-13(11)17)14(18)15-4-5-16-6-8-19-9-7-16/h2-3,10,17H,4-9H2,1H3,(H,15,18). The summed E-state index contributed by atoms with van der Waals surface area (Å²) in [5, 5.41) is 12.3. The molecule has 0 bridgehead atoms. The lowest BCUT2D eigenvalue weighted by Crippen LogP contribution is -2.41. The Morgan fingerprint density at radius 3 is 2.84 bits per heavy atom. The van der Waals surface area contributed by atoms with Crippen LogP contribution in [-0.4, -0.2) is 55.3 Å². The van der Waals surface area contributed by atoms with Crippen molar-refractivity contribution in [1.29, 1.82) is 0 Å². The summed E-state index contributed by atoms with van der Waals surface area (Å²) in [5.74, 6) is 0.112. The first-order chi connectivity index (χ1) is 9.16. The van der Waals surface area contributed by atoms with Gasteiger partial charge in [0.05, 0.1) is 13.2 Å². The molecular formula is C14H20N2O3. The second-order valence-electron chi connectivity index (χ2n) is 4.71. The van der Waals surface area contributed by atoms with Gasteiger partial charge in [0, 0.05) is 31.7 Å². The second kappa shape index (κ2) is 6.54. The number of nitrogens with zero attached hydrogens (tertiary/aromatic N) is 1. The van der Waals surface area contributed by atoms with Gasteiger partial charge in [-0.1, -0.05) is 0 Å². The van der Waals surface area contributed by atoms with E-state index in [4.69, 9.17) is 4.74 Å². The molecule has 0 atom stereocenters. The van der Waals surface area contributed by atoms with Crippen LogP contribution >= 0.6 is 0 Å². The summed E-state index contributed by atoms with van der Waals surface area (Å²) in [4.78, 5) is 14.2. The summed E-state index contributed by atoms with van der Waals surface area (Å²) in [6.45, 7) is 6.63. The molecule has 2 rings (SSSR count). The molecule has 1 aromatic carbocycles. The van der Waals surface area contributed by atoms with Crippen molar-refractivity contribution in [2.45, 2.75) is 6.92 Å².